The fourth-order valence-corrected chi connectivity index (χ4v) is 4.90. The normalized spacial score (nSPS) is 10.8. The summed E-state index contributed by atoms with van der Waals surface area (Å²) in [4.78, 5) is 21.6. The number of nitrogens with one attached hydrogen (secondary N) is 1. The Balaban J connectivity index is 1.34. The summed E-state index contributed by atoms with van der Waals surface area (Å²) < 4.78 is 10.6. The van der Waals surface area contributed by atoms with Crippen molar-refractivity contribution in [3.8, 4) is 22.8 Å². The van der Waals surface area contributed by atoms with Crippen molar-refractivity contribution in [2.75, 3.05) is 25.3 Å². The van der Waals surface area contributed by atoms with Gasteiger partial charge in [0, 0.05) is 28.5 Å². The number of thiazole rings is 1. The molecule has 0 aliphatic heterocycles. The zero-order chi connectivity index (χ0) is 22.5. The largest absolute Gasteiger partial charge is 0.497 e. The number of hydrogen-bond donors (Lipinski definition) is 1. The van der Waals surface area contributed by atoms with Gasteiger partial charge in [0.15, 0.2) is 5.13 Å². The Morgan fingerprint density at radius 1 is 1.09 bits per heavy atom. The van der Waals surface area contributed by atoms with Crippen LogP contribution in [0.4, 0.5) is 5.13 Å². The van der Waals surface area contributed by atoms with Crippen LogP contribution >= 0.6 is 23.1 Å². The van der Waals surface area contributed by atoms with Gasteiger partial charge in [-0.2, -0.15) is 0 Å². The van der Waals surface area contributed by atoms with Gasteiger partial charge in [0.05, 0.1) is 24.9 Å². The quantitative estimate of drug-likeness (QED) is 0.331. The topological polar surface area (TPSA) is 73.3 Å². The molecule has 1 N–H and O–H groups in total. The van der Waals surface area contributed by atoms with Crippen molar-refractivity contribution in [1.82, 2.24) is 9.97 Å². The Morgan fingerprint density at radius 3 is 2.66 bits per heavy atom. The Hall–Kier alpha value is -3.10. The Morgan fingerprint density at radius 2 is 1.91 bits per heavy atom. The number of ether oxygens (including phenoxy) is 2. The monoisotopic (exact) mass is 465 g/mol. The molecule has 1 amide bonds. The lowest BCUT2D eigenvalue weighted by Gasteiger charge is -2.09. The van der Waals surface area contributed by atoms with E-state index in [-0.39, 0.29) is 5.91 Å². The zero-order valence-electron chi connectivity index (χ0n) is 18.0. The number of carbonyl (C=O) groups excluding carboxylic acids is 1. The van der Waals surface area contributed by atoms with Gasteiger partial charge in [0.1, 0.15) is 17.0 Å². The van der Waals surface area contributed by atoms with E-state index >= 15 is 0 Å². The molecule has 0 saturated heterocycles. The molecule has 6 nitrogen and oxygen atoms in total. The number of pyridine rings is 1. The molecular formula is C24H23N3O3S2. The first kappa shape index (κ1) is 22.1. The predicted octanol–water partition coefficient (Wildman–Crippen LogP) is 5.80. The highest BCUT2D eigenvalue weighted by Crippen LogP contribution is 2.30. The first-order chi connectivity index (χ1) is 15.6. The van der Waals surface area contributed by atoms with Gasteiger partial charge in [-0.3, -0.25) is 4.79 Å². The molecule has 4 aromatic rings. The molecule has 2 aromatic carbocycles. The second-order valence-corrected chi connectivity index (χ2v) is 9.02. The lowest BCUT2D eigenvalue weighted by Crippen LogP contribution is -2.12. The van der Waals surface area contributed by atoms with Gasteiger partial charge in [0.25, 0.3) is 0 Å². The van der Waals surface area contributed by atoms with Crippen LogP contribution < -0.4 is 14.8 Å². The third-order valence-electron chi connectivity index (χ3n) is 4.92. The molecule has 0 unspecified atom stereocenters. The third kappa shape index (κ3) is 5.03. The molecule has 0 aliphatic carbocycles. The summed E-state index contributed by atoms with van der Waals surface area (Å²) in [6.45, 7) is 2.06. The van der Waals surface area contributed by atoms with Crippen LogP contribution in [-0.4, -0.2) is 35.8 Å². The number of benzene rings is 2. The zero-order valence-corrected chi connectivity index (χ0v) is 19.7. The van der Waals surface area contributed by atoms with E-state index in [1.54, 1.807) is 26.0 Å². The average Bonchev–Trinajstić information content (AvgIpc) is 3.27. The summed E-state index contributed by atoms with van der Waals surface area (Å²) in [6.07, 6.45) is 0.368. The standard InChI is InChI=1S/C24H23N3O3S2/c1-15-13-22(27-23-18(15)5-4-6-20(23)30-3)31-12-11-21(28)26-24-25-19(14-32-24)16-7-9-17(29-2)10-8-16/h4-10,13-14H,11-12H2,1-3H3,(H,25,26,28). The maximum atomic E-state index is 12.4. The van der Waals surface area contributed by atoms with E-state index in [2.05, 4.69) is 17.2 Å². The highest BCUT2D eigenvalue weighted by molar-refractivity contribution is 7.99. The van der Waals surface area contributed by atoms with E-state index in [0.29, 0.717) is 17.3 Å². The number of aryl methyl sites for hydroxylation is 1. The van der Waals surface area contributed by atoms with Crippen LogP contribution in [0.25, 0.3) is 22.2 Å². The first-order valence-corrected chi connectivity index (χ1v) is 11.9. The lowest BCUT2D eigenvalue weighted by molar-refractivity contribution is -0.115. The molecule has 2 aromatic heterocycles. The van der Waals surface area contributed by atoms with Crippen molar-refractivity contribution in [1.29, 1.82) is 0 Å². The van der Waals surface area contributed by atoms with Crippen molar-refractivity contribution in [3.63, 3.8) is 0 Å². The van der Waals surface area contributed by atoms with Gasteiger partial charge in [-0.15, -0.1) is 23.1 Å². The molecule has 4 rings (SSSR count). The smallest absolute Gasteiger partial charge is 0.226 e. The number of para-hydroxylation sites is 1. The van der Waals surface area contributed by atoms with Crippen LogP contribution in [0, 0.1) is 6.92 Å². The minimum absolute atomic E-state index is 0.0665. The molecule has 0 atom stereocenters. The summed E-state index contributed by atoms with van der Waals surface area (Å²) in [7, 11) is 3.28. The van der Waals surface area contributed by atoms with Crippen LogP contribution in [0.5, 0.6) is 11.5 Å². The highest BCUT2D eigenvalue weighted by Gasteiger charge is 2.11. The van der Waals surface area contributed by atoms with E-state index in [9.17, 15) is 4.79 Å². The maximum absolute atomic E-state index is 12.4. The van der Waals surface area contributed by atoms with Gasteiger partial charge in [-0.25, -0.2) is 9.97 Å². The van der Waals surface area contributed by atoms with Crippen LogP contribution in [0.3, 0.4) is 0 Å². The molecule has 32 heavy (non-hydrogen) atoms. The second-order valence-electron chi connectivity index (χ2n) is 7.05. The van der Waals surface area contributed by atoms with Crippen molar-refractivity contribution in [2.45, 2.75) is 18.4 Å². The van der Waals surface area contributed by atoms with E-state index < -0.39 is 0 Å². The minimum atomic E-state index is -0.0665. The van der Waals surface area contributed by atoms with Gasteiger partial charge in [-0.05, 0) is 48.9 Å². The van der Waals surface area contributed by atoms with E-state index in [0.717, 1.165) is 44.2 Å². The Labute approximate surface area is 195 Å². The van der Waals surface area contributed by atoms with Crippen LogP contribution in [0.15, 0.2) is 58.9 Å². The Bertz CT molecular complexity index is 1240. The lowest BCUT2D eigenvalue weighted by atomic mass is 10.1. The predicted molar refractivity (Wildman–Crippen MR) is 131 cm³/mol. The van der Waals surface area contributed by atoms with E-state index in [1.165, 1.54) is 11.3 Å². The van der Waals surface area contributed by atoms with Crippen LogP contribution in [0.2, 0.25) is 0 Å². The summed E-state index contributed by atoms with van der Waals surface area (Å²) in [5.41, 5.74) is 3.78. The third-order valence-corrected chi connectivity index (χ3v) is 6.59. The van der Waals surface area contributed by atoms with Gasteiger partial charge < -0.3 is 14.8 Å². The molecule has 0 bridgehead atoms. The molecule has 0 fully saturated rings. The van der Waals surface area contributed by atoms with E-state index in [4.69, 9.17) is 14.5 Å². The fraction of sp³-hybridized carbons (Fsp3) is 0.208. The van der Waals surface area contributed by atoms with Crippen molar-refractivity contribution < 1.29 is 14.3 Å². The first-order valence-electron chi connectivity index (χ1n) is 10.0. The molecular weight excluding hydrogens is 442 g/mol. The van der Waals surface area contributed by atoms with E-state index in [1.807, 2.05) is 53.9 Å². The molecule has 0 radical (unpaired) electrons. The maximum Gasteiger partial charge on any atom is 0.226 e. The number of fused-ring (bicyclic) bond motifs is 1. The number of nitrogens with zero attached hydrogens (tertiary/aromatic N) is 2. The number of methoxy groups -OCH3 is 2. The number of carbonyl (C=O) groups is 1. The number of anilines is 1. The number of aromatic nitrogens is 2. The molecule has 2 heterocycles. The molecule has 0 aliphatic rings. The number of rotatable bonds is 8. The summed E-state index contributed by atoms with van der Waals surface area (Å²) >= 11 is 2.97. The van der Waals surface area contributed by atoms with Crippen LogP contribution in [-0.2, 0) is 4.79 Å². The Kier molecular flexibility index (Phi) is 6.92. The van der Waals surface area contributed by atoms with Crippen molar-refractivity contribution in [2.24, 2.45) is 0 Å². The number of amides is 1. The minimum Gasteiger partial charge on any atom is -0.497 e. The highest BCUT2D eigenvalue weighted by atomic mass is 32.2. The van der Waals surface area contributed by atoms with Crippen LogP contribution in [0.1, 0.15) is 12.0 Å². The molecule has 8 heteroatoms. The number of thioether (sulfide) groups is 1. The fourth-order valence-electron chi connectivity index (χ4n) is 3.26. The van der Waals surface area contributed by atoms with Gasteiger partial charge in [-0.1, -0.05) is 12.1 Å². The van der Waals surface area contributed by atoms with Crippen molar-refractivity contribution >= 4 is 45.0 Å². The SMILES string of the molecule is COc1ccc(-c2csc(NC(=O)CCSc3cc(C)c4cccc(OC)c4n3)n2)cc1. The number of hydrogen-bond acceptors (Lipinski definition) is 7. The summed E-state index contributed by atoms with van der Waals surface area (Å²) in [5.74, 6) is 2.10. The second kappa shape index (κ2) is 10.0. The van der Waals surface area contributed by atoms with Crippen molar-refractivity contribution in [3.05, 3.63) is 59.5 Å². The average molecular weight is 466 g/mol. The molecule has 164 valence electrons. The molecule has 0 saturated carbocycles. The van der Waals surface area contributed by atoms with Gasteiger partial charge in [0.2, 0.25) is 5.91 Å². The summed E-state index contributed by atoms with van der Waals surface area (Å²) in [6, 6.07) is 15.6. The molecule has 0 spiro atoms. The summed E-state index contributed by atoms with van der Waals surface area (Å²) in [5, 5.41) is 7.37. The van der Waals surface area contributed by atoms with Gasteiger partial charge >= 0.3 is 0 Å².